The summed E-state index contributed by atoms with van der Waals surface area (Å²) in [6.45, 7) is 2.57. The lowest BCUT2D eigenvalue weighted by Crippen LogP contribution is -2.02. The van der Waals surface area contributed by atoms with Crippen LogP contribution in [0.4, 0.5) is 5.69 Å². The Kier molecular flexibility index (Phi) is 3.49. The number of rotatable bonds is 3. The monoisotopic (exact) mass is 271 g/mol. The molecule has 90 valence electrons. The number of halogens is 2. The van der Waals surface area contributed by atoms with Crippen molar-refractivity contribution in [3.05, 3.63) is 33.8 Å². The second-order valence-electron chi connectivity index (χ2n) is 3.64. The SMILES string of the molecule is Cc1nn(C)cc1CNc1cc(Cl)nnc1Cl. The van der Waals surface area contributed by atoms with Crippen LogP contribution in [0.15, 0.2) is 12.3 Å². The maximum absolute atomic E-state index is 5.89. The molecule has 5 nitrogen and oxygen atoms in total. The van der Waals surface area contributed by atoms with Crippen LogP contribution in [0.5, 0.6) is 0 Å². The Morgan fingerprint density at radius 3 is 2.76 bits per heavy atom. The third-order valence-corrected chi connectivity index (χ3v) is 2.77. The second-order valence-corrected chi connectivity index (χ2v) is 4.38. The van der Waals surface area contributed by atoms with E-state index in [1.54, 1.807) is 10.7 Å². The highest BCUT2D eigenvalue weighted by atomic mass is 35.5. The van der Waals surface area contributed by atoms with Gasteiger partial charge in [-0.05, 0) is 6.92 Å². The third-order valence-electron chi connectivity index (χ3n) is 2.30. The smallest absolute Gasteiger partial charge is 0.174 e. The molecule has 0 spiro atoms. The Bertz CT molecular complexity index is 537. The molecule has 0 saturated carbocycles. The lowest BCUT2D eigenvalue weighted by Gasteiger charge is -2.06. The van der Waals surface area contributed by atoms with Gasteiger partial charge in [-0.1, -0.05) is 23.2 Å². The molecule has 0 amide bonds. The van der Waals surface area contributed by atoms with Gasteiger partial charge in [0.05, 0.1) is 11.4 Å². The minimum Gasteiger partial charge on any atom is -0.378 e. The van der Waals surface area contributed by atoms with Crippen molar-refractivity contribution in [2.75, 3.05) is 5.32 Å². The van der Waals surface area contributed by atoms with Crippen LogP contribution in [0.2, 0.25) is 10.3 Å². The van der Waals surface area contributed by atoms with Crippen molar-refractivity contribution in [1.82, 2.24) is 20.0 Å². The Morgan fingerprint density at radius 1 is 1.35 bits per heavy atom. The first-order chi connectivity index (χ1) is 8.06. The van der Waals surface area contributed by atoms with Gasteiger partial charge in [-0.2, -0.15) is 5.10 Å². The zero-order valence-electron chi connectivity index (χ0n) is 9.41. The molecule has 2 aromatic rings. The summed E-state index contributed by atoms with van der Waals surface area (Å²) in [6.07, 6.45) is 1.95. The normalized spacial score (nSPS) is 10.6. The molecule has 0 atom stereocenters. The Labute approximate surface area is 109 Å². The number of nitrogens with one attached hydrogen (secondary N) is 1. The van der Waals surface area contributed by atoms with E-state index in [1.807, 2.05) is 20.2 Å². The van der Waals surface area contributed by atoms with Gasteiger partial charge in [0.2, 0.25) is 0 Å². The Morgan fingerprint density at radius 2 is 2.12 bits per heavy atom. The van der Waals surface area contributed by atoms with Gasteiger partial charge < -0.3 is 5.32 Å². The van der Waals surface area contributed by atoms with Gasteiger partial charge in [-0.3, -0.25) is 4.68 Å². The van der Waals surface area contributed by atoms with Crippen LogP contribution < -0.4 is 5.32 Å². The zero-order valence-corrected chi connectivity index (χ0v) is 10.9. The fraction of sp³-hybridized carbons (Fsp3) is 0.300. The first kappa shape index (κ1) is 12.1. The Balaban J connectivity index is 2.12. The number of anilines is 1. The predicted molar refractivity (Wildman–Crippen MR) is 67.3 cm³/mol. The highest BCUT2D eigenvalue weighted by molar-refractivity contribution is 6.33. The molecule has 2 heterocycles. The first-order valence-electron chi connectivity index (χ1n) is 4.98. The summed E-state index contributed by atoms with van der Waals surface area (Å²) in [6, 6.07) is 1.64. The summed E-state index contributed by atoms with van der Waals surface area (Å²) in [5.74, 6) is 0. The molecule has 0 aliphatic rings. The van der Waals surface area contributed by atoms with Crippen LogP contribution in [-0.4, -0.2) is 20.0 Å². The molecule has 2 rings (SSSR count). The average molecular weight is 272 g/mol. The predicted octanol–water partition coefficient (Wildman–Crippen LogP) is 2.44. The zero-order chi connectivity index (χ0) is 12.4. The van der Waals surface area contributed by atoms with Crippen LogP contribution in [0.25, 0.3) is 0 Å². The molecule has 0 radical (unpaired) electrons. The number of hydrogen-bond acceptors (Lipinski definition) is 4. The summed E-state index contributed by atoms with van der Waals surface area (Å²) >= 11 is 11.6. The lowest BCUT2D eigenvalue weighted by atomic mass is 10.2. The molecular weight excluding hydrogens is 261 g/mol. The van der Waals surface area contributed by atoms with E-state index in [0.29, 0.717) is 22.5 Å². The van der Waals surface area contributed by atoms with Crippen LogP contribution in [0.3, 0.4) is 0 Å². The van der Waals surface area contributed by atoms with Crippen molar-refractivity contribution >= 4 is 28.9 Å². The summed E-state index contributed by atoms with van der Waals surface area (Å²) in [5, 5.41) is 15.4. The highest BCUT2D eigenvalue weighted by Crippen LogP contribution is 2.21. The van der Waals surface area contributed by atoms with E-state index in [4.69, 9.17) is 23.2 Å². The van der Waals surface area contributed by atoms with Gasteiger partial charge in [0.25, 0.3) is 0 Å². The first-order valence-corrected chi connectivity index (χ1v) is 5.73. The van der Waals surface area contributed by atoms with Crippen LogP contribution in [0.1, 0.15) is 11.3 Å². The number of aromatic nitrogens is 4. The molecule has 0 unspecified atom stereocenters. The topological polar surface area (TPSA) is 55.6 Å². The molecule has 0 aliphatic heterocycles. The maximum atomic E-state index is 5.89. The molecular formula is C10H11Cl2N5. The van der Waals surface area contributed by atoms with Crippen LogP contribution in [-0.2, 0) is 13.6 Å². The van der Waals surface area contributed by atoms with E-state index in [0.717, 1.165) is 11.3 Å². The minimum atomic E-state index is 0.302. The van der Waals surface area contributed by atoms with E-state index in [2.05, 4.69) is 20.6 Å². The van der Waals surface area contributed by atoms with E-state index in [-0.39, 0.29) is 0 Å². The van der Waals surface area contributed by atoms with Crippen molar-refractivity contribution in [2.24, 2.45) is 7.05 Å². The van der Waals surface area contributed by atoms with Crippen LogP contribution >= 0.6 is 23.2 Å². The van der Waals surface area contributed by atoms with Gasteiger partial charge in [0.15, 0.2) is 10.3 Å². The highest BCUT2D eigenvalue weighted by Gasteiger charge is 2.06. The second kappa shape index (κ2) is 4.89. The lowest BCUT2D eigenvalue weighted by molar-refractivity contribution is 0.756. The van der Waals surface area contributed by atoms with E-state index in [9.17, 15) is 0 Å². The fourth-order valence-electron chi connectivity index (χ4n) is 1.49. The molecule has 2 aromatic heterocycles. The molecule has 1 N–H and O–H groups in total. The van der Waals surface area contributed by atoms with Gasteiger partial charge in [-0.25, -0.2) is 0 Å². The molecule has 7 heteroatoms. The molecule has 0 aliphatic carbocycles. The number of hydrogen-bond donors (Lipinski definition) is 1. The number of nitrogens with zero attached hydrogens (tertiary/aromatic N) is 4. The third kappa shape index (κ3) is 2.87. The van der Waals surface area contributed by atoms with E-state index < -0.39 is 0 Å². The fourth-order valence-corrected chi connectivity index (χ4v) is 1.80. The molecule has 0 fully saturated rings. The maximum Gasteiger partial charge on any atom is 0.174 e. The van der Waals surface area contributed by atoms with Gasteiger partial charge >= 0.3 is 0 Å². The molecule has 0 aromatic carbocycles. The van der Waals surface area contributed by atoms with Crippen molar-refractivity contribution < 1.29 is 0 Å². The average Bonchev–Trinajstić information content (AvgIpc) is 2.59. The van der Waals surface area contributed by atoms with Crippen molar-refractivity contribution in [3.63, 3.8) is 0 Å². The summed E-state index contributed by atoms with van der Waals surface area (Å²) in [4.78, 5) is 0. The van der Waals surface area contributed by atoms with Gasteiger partial charge in [0, 0.05) is 31.4 Å². The summed E-state index contributed by atoms with van der Waals surface area (Å²) < 4.78 is 1.77. The van der Waals surface area contributed by atoms with E-state index >= 15 is 0 Å². The largest absolute Gasteiger partial charge is 0.378 e. The Hall–Kier alpha value is -1.33. The summed E-state index contributed by atoms with van der Waals surface area (Å²) in [7, 11) is 1.88. The van der Waals surface area contributed by atoms with Crippen molar-refractivity contribution in [1.29, 1.82) is 0 Å². The van der Waals surface area contributed by atoms with Crippen molar-refractivity contribution in [3.8, 4) is 0 Å². The summed E-state index contributed by atoms with van der Waals surface area (Å²) in [5.41, 5.74) is 2.73. The quantitative estimate of drug-likeness (QED) is 0.932. The molecule has 17 heavy (non-hydrogen) atoms. The molecule has 0 bridgehead atoms. The van der Waals surface area contributed by atoms with Crippen LogP contribution in [0, 0.1) is 6.92 Å². The standard InChI is InChI=1S/C10H11Cl2N5/c1-6-7(5-17(2)16-6)4-13-8-3-9(11)14-15-10(8)12/h3,5H,4H2,1-2H3,(H,13,14). The minimum absolute atomic E-state index is 0.302. The van der Waals surface area contributed by atoms with E-state index in [1.165, 1.54) is 0 Å². The number of aryl methyl sites for hydroxylation is 2. The molecule has 0 saturated heterocycles. The van der Waals surface area contributed by atoms with Crippen molar-refractivity contribution in [2.45, 2.75) is 13.5 Å². The van der Waals surface area contributed by atoms with Gasteiger partial charge in [0.1, 0.15) is 0 Å². The van der Waals surface area contributed by atoms with Gasteiger partial charge in [-0.15, -0.1) is 10.2 Å².